The van der Waals surface area contributed by atoms with Crippen LogP contribution in [0.25, 0.3) is 0 Å². The first kappa shape index (κ1) is 16.1. The molecule has 0 radical (unpaired) electrons. The topological polar surface area (TPSA) is 32.3 Å². The van der Waals surface area contributed by atoms with Crippen molar-refractivity contribution in [3.63, 3.8) is 0 Å². The van der Waals surface area contributed by atoms with Crippen LogP contribution in [0.1, 0.15) is 51.0 Å². The van der Waals surface area contributed by atoms with Gasteiger partial charge in [-0.25, -0.2) is 0 Å². The standard InChI is InChI=1S/C16H23Cl2NO/c1-16(11-20,14-9-8-12(17)10-15(14)18)19-13-6-4-2-3-5-7-13/h8-10,13,19-20H,2-7,11H2,1H3. The number of rotatable bonds is 4. The molecule has 0 heterocycles. The van der Waals surface area contributed by atoms with Gasteiger partial charge < -0.3 is 10.4 Å². The fraction of sp³-hybridized carbons (Fsp3) is 0.625. The zero-order chi connectivity index (χ0) is 14.6. The highest BCUT2D eigenvalue weighted by Gasteiger charge is 2.30. The number of aliphatic hydroxyl groups is 1. The summed E-state index contributed by atoms with van der Waals surface area (Å²) in [7, 11) is 0. The summed E-state index contributed by atoms with van der Waals surface area (Å²) in [5.41, 5.74) is 0.395. The minimum atomic E-state index is -0.517. The molecule has 1 aliphatic rings. The summed E-state index contributed by atoms with van der Waals surface area (Å²) in [6, 6.07) is 5.92. The van der Waals surface area contributed by atoms with Crippen molar-refractivity contribution in [2.24, 2.45) is 0 Å². The molecule has 2 nitrogen and oxygen atoms in total. The van der Waals surface area contributed by atoms with Crippen LogP contribution in [0.15, 0.2) is 18.2 Å². The highest BCUT2D eigenvalue weighted by atomic mass is 35.5. The Bertz CT molecular complexity index is 444. The molecule has 2 rings (SSSR count). The second kappa shape index (κ2) is 7.13. The summed E-state index contributed by atoms with van der Waals surface area (Å²) in [6.07, 6.45) is 7.48. The van der Waals surface area contributed by atoms with Crippen LogP contribution >= 0.6 is 23.2 Å². The normalized spacial score (nSPS) is 20.4. The van der Waals surface area contributed by atoms with Gasteiger partial charge in [0.05, 0.1) is 12.1 Å². The number of hydrogen-bond donors (Lipinski definition) is 2. The SMILES string of the molecule is CC(CO)(NC1CCCCCC1)c1ccc(Cl)cc1Cl. The first-order chi connectivity index (χ1) is 9.55. The molecule has 4 heteroatoms. The van der Waals surface area contributed by atoms with Crippen molar-refractivity contribution in [3.05, 3.63) is 33.8 Å². The van der Waals surface area contributed by atoms with E-state index < -0.39 is 5.54 Å². The maximum atomic E-state index is 9.88. The van der Waals surface area contributed by atoms with Crippen LogP contribution in [-0.4, -0.2) is 17.8 Å². The third-order valence-corrected chi connectivity index (χ3v) is 4.77. The molecule has 1 fully saturated rings. The van der Waals surface area contributed by atoms with Crippen LogP contribution in [0.2, 0.25) is 10.0 Å². The monoisotopic (exact) mass is 315 g/mol. The van der Waals surface area contributed by atoms with Gasteiger partial charge in [-0.05, 0) is 37.5 Å². The summed E-state index contributed by atoms with van der Waals surface area (Å²) >= 11 is 12.3. The van der Waals surface area contributed by atoms with Gasteiger partial charge in [0.1, 0.15) is 0 Å². The summed E-state index contributed by atoms with van der Waals surface area (Å²) in [4.78, 5) is 0. The molecule has 0 amide bonds. The van der Waals surface area contributed by atoms with Crippen molar-refractivity contribution in [2.75, 3.05) is 6.61 Å². The molecule has 0 spiro atoms. The van der Waals surface area contributed by atoms with E-state index in [0.717, 1.165) is 5.56 Å². The molecule has 1 atom stereocenters. The highest BCUT2D eigenvalue weighted by molar-refractivity contribution is 6.35. The lowest BCUT2D eigenvalue weighted by Crippen LogP contribution is -2.48. The Hall–Kier alpha value is -0.280. The average molecular weight is 316 g/mol. The molecule has 0 aliphatic heterocycles. The number of hydrogen-bond acceptors (Lipinski definition) is 2. The predicted octanol–water partition coefficient (Wildman–Crippen LogP) is 4.51. The molecule has 1 aliphatic carbocycles. The van der Waals surface area contributed by atoms with E-state index >= 15 is 0 Å². The van der Waals surface area contributed by atoms with Gasteiger partial charge in [-0.3, -0.25) is 0 Å². The van der Waals surface area contributed by atoms with Crippen LogP contribution in [0, 0.1) is 0 Å². The van der Waals surface area contributed by atoms with Crippen molar-refractivity contribution < 1.29 is 5.11 Å². The van der Waals surface area contributed by atoms with E-state index in [1.165, 1.54) is 38.5 Å². The van der Waals surface area contributed by atoms with Gasteiger partial charge in [-0.15, -0.1) is 0 Å². The molecule has 0 saturated heterocycles. The fourth-order valence-electron chi connectivity index (χ4n) is 3.02. The van der Waals surface area contributed by atoms with Gasteiger partial charge in [-0.1, -0.05) is 55.0 Å². The molecule has 1 aromatic rings. The van der Waals surface area contributed by atoms with Crippen LogP contribution in [0.3, 0.4) is 0 Å². The molecule has 20 heavy (non-hydrogen) atoms. The Balaban J connectivity index is 2.18. The van der Waals surface area contributed by atoms with Crippen molar-refractivity contribution in [1.82, 2.24) is 5.32 Å². The lowest BCUT2D eigenvalue weighted by molar-refractivity contribution is 0.157. The molecule has 1 saturated carbocycles. The smallest absolute Gasteiger partial charge is 0.0657 e. The zero-order valence-corrected chi connectivity index (χ0v) is 13.5. The largest absolute Gasteiger partial charge is 0.394 e. The molecular weight excluding hydrogens is 293 g/mol. The average Bonchev–Trinajstić information content (AvgIpc) is 2.67. The number of halogens is 2. The van der Waals surface area contributed by atoms with E-state index in [1.54, 1.807) is 6.07 Å². The highest BCUT2D eigenvalue weighted by Crippen LogP contribution is 2.32. The van der Waals surface area contributed by atoms with Crippen LogP contribution < -0.4 is 5.32 Å². The molecule has 2 N–H and O–H groups in total. The van der Waals surface area contributed by atoms with Gasteiger partial charge in [-0.2, -0.15) is 0 Å². The lowest BCUT2D eigenvalue weighted by Gasteiger charge is -2.34. The van der Waals surface area contributed by atoms with Gasteiger partial charge in [0.15, 0.2) is 0 Å². The number of benzene rings is 1. The van der Waals surface area contributed by atoms with Crippen molar-refractivity contribution in [3.8, 4) is 0 Å². The summed E-state index contributed by atoms with van der Waals surface area (Å²) < 4.78 is 0. The van der Waals surface area contributed by atoms with Gasteiger partial charge in [0.25, 0.3) is 0 Å². The van der Waals surface area contributed by atoms with Crippen molar-refractivity contribution in [2.45, 2.75) is 57.0 Å². The Kier molecular flexibility index (Phi) is 5.74. The third kappa shape index (κ3) is 3.88. The fourth-order valence-corrected chi connectivity index (χ4v) is 3.64. The van der Waals surface area contributed by atoms with Crippen LogP contribution in [0.4, 0.5) is 0 Å². The van der Waals surface area contributed by atoms with Gasteiger partial charge >= 0.3 is 0 Å². The second-order valence-electron chi connectivity index (χ2n) is 5.95. The van der Waals surface area contributed by atoms with Crippen LogP contribution in [0.5, 0.6) is 0 Å². The summed E-state index contributed by atoms with van der Waals surface area (Å²) in [6.45, 7) is 2.03. The molecule has 112 valence electrons. The van der Waals surface area contributed by atoms with E-state index in [0.29, 0.717) is 16.1 Å². The van der Waals surface area contributed by atoms with Crippen molar-refractivity contribution in [1.29, 1.82) is 0 Å². The Morgan fingerprint density at radius 3 is 2.40 bits per heavy atom. The van der Waals surface area contributed by atoms with E-state index in [9.17, 15) is 5.11 Å². The van der Waals surface area contributed by atoms with E-state index in [4.69, 9.17) is 23.2 Å². The quantitative estimate of drug-likeness (QED) is 0.801. The maximum Gasteiger partial charge on any atom is 0.0657 e. The van der Waals surface area contributed by atoms with Gasteiger partial charge in [0, 0.05) is 16.1 Å². The maximum absolute atomic E-state index is 9.88. The van der Waals surface area contributed by atoms with E-state index in [2.05, 4.69) is 5.32 Å². The third-order valence-electron chi connectivity index (χ3n) is 4.22. The summed E-state index contributed by atoms with van der Waals surface area (Å²) in [5, 5.41) is 14.7. The first-order valence-corrected chi connectivity index (χ1v) is 8.15. The predicted molar refractivity (Wildman–Crippen MR) is 85.5 cm³/mol. The number of aliphatic hydroxyl groups excluding tert-OH is 1. The van der Waals surface area contributed by atoms with E-state index in [-0.39, 0.29) is 6.61 Å². The minimum absolute atomic E-state index is 0.0187. The first-order valence-electron chi connectivity index (χ1n) is 7.39. The Morgan fingerprint density at radius 2 is 1.85 bits per heavy atom. The lowest BCUT2D eigenvalue weighted by atomic mass is 9.90. The molecule has 0 bridgehead atoms. The zero-order valence-electron chi connectivity index (χ0n) is 12.0. The molecular formula is C16H23Cl2NO. The molecule has 0 aromatic heterocycles. The van der Waals surface area contributed by atoms with Gasteiger partial charge in [0.2, 0.25) is 0 Å². The van der Waals surface area contributed by atoms with Crippen LogP contribution in [-0.2, 0) is 5.54 Å². The number of nitrogens with one attached hydrogen (secondary N) is 1. The van der Waals surface area contributed by atoms with E-state index in [1.807, 2.05) is 19.1 Å². The Labute approximate surface area is 131 Å². The minimum Gasteiger partial charge on any atom is -0.394 e. The second-order valence-corrected chi connectivity index (χ2v) is 6.79. The summed E-state index contributed by atoms with van der Waals surface area (Å²) in [5.74, 6) is 0. The molecule has 1 unspecified atom stereocenters. The molecule has 1 aromatic carbocycles. The Morgan fingerprint density at radius 1 is 1.20 bits per heavy atom. The van der Waals surface area contributed by atoms with Crippen molar-refractivity contribution >= 4 is 23.2 Å².